The smallest absolute Gasteiger partial charge is 0.241 e. The number of amides is 3. The Kier molecular flexibility index (Phi) is 6.74. The number of anilines is 3. The number of carbonyl (C=O) groups excluding carboxylic acids is 3. The molecule has 1 aliphatic heterocycles. The van der Waals surface area contributed by atoms with Crippen LogP contribution in [0.2, 0.25) is 5.02 Å². The van der Waals surface area contributed by atoms with Crippen molar-refractivity contribution in [3.63, 3.8) is 0 Å². The number of nitrogens with one attached hydrogen (secondary N) is 2. The Labute approximate surface area is 181 Å². The highest BCUT2D eigenvalue weighted by atomic mass is 35.5. The molecule has 2 unspecified atom stereocenters. The topological polar surface area (TPSA) is 81.8 Å². The molecule has 1 aliphatic rings. The molecule has 0 bridgehead atoms. The van der Waals surface area contributed by atoms with Crippen molar-refractivity contribution in [2.45, 2.75) is 32.4 Å². The van der Waals surface area contributed by atoms with E-state index in [0.29, 0.717) is 22.1 Å². The van der Waals surface area contributed by atoms with Crippen LogP contribution in [0.1, 0.15) is 20.3 Å². The Morgan fingerprint density at radius 1 is 1.23 bits per heavy atom. The van der Waals surface area contributed by atoms with Gasteiger partial charge in [-0.05, 0) is 57.3 Å². The van der Waals surface area contributed by atoms with E-state index in [1.165, 1.54) is 0 Å². The van der Waals surface area contributed by atoms with E-state index in [-0.39, 0.29) is 36.7 Å². The highest BCUT2D eigenvalue weighted by molar-refractivity contribution is 6.30. The van der Waals surface area contributed by atoms with Crippen LogP contribution in [0.25, 0.3) is 0 Å². The molecule has 30 heavy (non-hydrogen) atoms. The van der Waals surface area contributed by atoms with Crippen molar-refractivity contribution in [1.82, 2.24) is 4.90 Å². The van der Waals surface area contributed by atoms with E-state index < -0.39 is 6.04 Å². The molecule has 1 heterocycles. The number of fused-ring (bicyclic) bond motifs is 1. The van der Waals surface area contributed by atoms with Gasteiger partial charge in [0.05, 0.1) is 24.0 Å². The third-order valence-corrected chi connectivity index (χ3v) is 5.42. The van der Waals surface area contributed by atoms with Crippen molar-refractivity contribution in [1.29, 1.82) is 0 Å². The van der Waals surface area contributed by atoms with Gasteiger partial charge in [-0.2, -0.15) is 0 Å². The summed E-state index contributed by atoms with van der Waals surface area (Å²) in [5.74, 6) is -0.539. The fraction of sp³-hybridized carbons (Fsp3) is 0.318. The average Bonchev–Trinajstić information content (AvgIpc) is 2.83. The largest absolute Gasteiger partial charge is 0.325 e. The molecule has 0 aliphatic carbocycles. The standard InChI is InChI=1S/C22H25ClN4O3/c1-14-12-20(28)25-18-6-4-5-7-19(18)27(14)21(29)13-26(3)15(2)22(30)24-17-10-8-16(23)9-11-17/h4-11,14-15H,12-13H2,1-3H3,(H,24,30)(H,25,28). The molecular weight excluding hydrogens is 404 g/mol. The number of hydrogen-bond donors (Lipinski definition) is 2. The Morgan fingerprint density at radius 2 is 1.90 bits per heavy atom. The minimum Gasteiger partial charge on any atom is -0.325 e. The van der Waals surface area contributed by atoms with Gasteiger partial charge in [0.25, 0.3) is 0 Å². The van der Waals surface area contributed by atoms with Crippen LogP contribution in [-0.4, -0.2) is 48.3 Å². The summed E-state index contributed by atoms with van der Waals surface area (Å²) >= 11 is 5.87. The first kappa shape index (κ1) is 21.8. The molecule has 7 nitrogen and oxygen atoms in total. The number of para-hydroxylation sites is 2. The Bertz CT molecular complexity index is 948. The zero-order valence-electron chi connectivity index (χ0n) is 17.2. The summed E-state index contributed by atoms with van der Waals surface area (Å²) in [7, 11) is 1.72. The quantitative estimate of drug-likeness (QED) is 0.765. The van der Waals surface area contributed by atoms with Crippen molar-refractivity contribution >= 4 is 46.4 Å². The molecule has 8 heteroatoms. The van der Waals surface area contributed by atoms with E-state index in [1.54, 1.807) is 54.1 Å². The molecule has 0 radical (unpaired) electrons. The Balaban J connectivity index is 1.70. The molecule has 0 saturated carbocycles. The maximum absolute atomic E-state index is 13.2. The normalized spacial score (nSPS) is 17.0. The number of nitrogens with zero attached hydrogens (tertiary/aromatic N) is 2. The van der Waals surface area contributed by atoms with Crippen LogP contribution in [-0.2, 0) is 14.4 Å². The zero-order chi connectivity index (χ0) is 21.8. The SMILES string of the molecule is CC(C(=O)Nc1ccc(Cl)cc1)N(C)CC(=O)N1c2ccccc2NC(=O)CC1C. The van der Waals surface area contributed by atoms with Gasteiger partial charge in [0.15, 0.2) is 0 Å². The van der Waals surface area contributed by atoms with Gasteiger partial charge in [-0.25, -0.2) is 0 Å². The predicted octanol–water partition coefficient (Wildman–Crippen LogP) is 3.36. The molecular formula is C22H25ClN4O3. The number of rotatable bonds is 5. The second kappa shape index (κ2) is 9.28. The van der Waals surface area contributed by atoms with E-state index in [2.05, 4.69) is 10.6 Å². The minimum absolute atomic E-state index is 0.0298. The summed E-state index contributed by atoms with van der Waals surface area (Å²) in [5, 5.41) is 6.25. The van der Waals surface area contributed by atoms with Gasteiger partial charge < -0.3 is 15.5 Å². The van der Waals surface area contributed by atoms with Gasteiger partial charge in [0, 0.05) is 23.2 Å². The number of hydrogen-bond acceptors (Lipinski definition) is 4. The van der Waals surface area contributed by atoms with E-state index in [9.17, 15) is 14.4 Å². The molecule has 158 valence electrons. The maximum Gasteiger partial charge on any atom is 0.241 e. The van der Waals surface area contributed by atoms with Crippen LogP contribution in [0.15, 0.2) is 48.5 Å². The van der Waals surface area contributed by atoms with Gasteiger partial charge in [0.2, 0.25) is 17.7 Å². The summed E-state index contributed by atoms with van der Waals surface area (Å²) in [4.78, 5) is 41.2. The van der Waals surface area contributed by atoms with E-state index in [0.717, 1.165) is 0 Å². The van der Waals surface area contributed by atoms with E-state index in [4.69, 9.17) is 11.6 Å². The average molecular weight is 429 g/mol. The molecule has 3 amide bonds. The van der Waals surface area contributed by atoms with Gasteiger partial charge >= 0.3 is 0 Å². The molecule has 2 aromatic carbocycles. The van der Waals surface area contributed by atoms with E-state index >= 15 is 0 Å². The lowest BCUT2D eigenvalue weighted by atomic mass is 10.1. The molecule has 0 aromatic heterocycles. The predicted molar refractivity (Wildman–Crippen MR) is 119 cm³/mol. The maximum atomic E-state index is 13.2. The number of benzene rings is 2. The molecule has 0 fully saturated rings. The van der Waals surface area contributed by atoms with Crippen molar-refractivity contribution < 1.29 is 14.4 Å². The molecule has 2 atom stereocenters. The van der Waals surface area contributed by atoms with Crippen LogP contribution in [0.5, 0.6) is 0 Å². The van der Waals surface area contributed by atoms with Crippen molar-refractivity contribution in [3.8, 4) is 0 Å². The summed E-state index contributed by atoms with van der Waals surface area (Å²) in [5.41, 5.74) is 1.90. The van der Waals surface area contributed by atoms with Gasteiger partial charge in [0.1, 0.15) is 0 Å². The van der Waals surface area contributed by atoms with Crippen molar-refractivity contribution in [2.24, 2.45) is 0 Å². The second-order valence-corrected chi connectivity index (χ2v) is 7.91. The van der Waals surface area contributed by atoms with Gasteiger partial charge in [-0.15, -0.1) is 0 Å². The zero-order valence-corrected chi connectivity index (χ0v) is 17.9. The highest BCUT2D eigenvalue weighted by Gasteiger charge is 2.31. The lowest BCUT2D eigenvalue weighted by Crippen LogP contribution is -2.48. The molecule has 2 aromatic rings. The van der Waals surface area contributed by atoms with Crippen LogP contribution in [0.3, 0.4) is 0 Å². The summed E-state index contributed by atoms with van der Waals surface area (Å²) in [6.07, 6.45) is 0.205. The van der Waals surface area contributed by atoms with E-state index in [1.807, 2.05) is 25.1 Å². The van der Waals surface area contributed by atoms with Crippen LogP contribution < -0.4 is 15.5 Å². The second-order valence-electron chi connectivity index (χ2n) is 7.47. The summed E-state index contributed by atoms with van der Waals surface area (Å²) in [6, 6.07) is 13.2. The number of halogens is 1. The fourth-order valence-electron chi connectivity index (χ4n) is 3.37. The number of carbonyl (C=O) groups is 3. The third-order valence-electron chi connectivity index (χ3n) is 5.16. The molecule has 0 saturated heterocycles. The first-order valence-electron chi connectivity index (χ1n) is 9.74. The monoisotopic (exact) mass is 428 g/mol. The molecule has 2 N–H and O–H groups in total. The fourth-order valence-corrected chi connectivity index (χ4v) is 3.50. The first-order valence-corrected chi connectivity index (χ1v) is 10.1. The van der Waals surface area contributed by atoms with Crippen molar-refractivity contribution in [2.75, 3.05) is 29.1 Å². The summed E-state index contributed by atoms with van der Waals surface area (Å²) in [6.45, 7) is 3.61. The van der Waals surface area contributed by atoms with Crippen LogP contribution >= 0.6 is 11.6 Å². The first-order chi connectivity index (χ1) is 14.3. The third kappa shape index (κ3) is 4.98. The number of likely N-dealkylation sites (N-methyl/N-ethyl adjacent to an activating group) is 1. The lowest BCUT2D eigenvalue weighted by Gasteiger charge is -2.31. The van der Waals surface area contributed by atoms with Gasteiger partial charge in [-0.1, -0.05) is 23.7 Å². The summed E-state index contributed by atoms with van der Waals surface area (Å²) < 4.78 is 0. The molecule has 0 spiro atoms. The van der Waals surface area contributed by atoms with Crippen LogP contribution in [0.4, 0.5) is 17.1 Å². The highest BCUT2D eigenvalue weighted by Crippen LogP contribution is 2.31. The molecule has 3 rings (SSSR count). The Morgan fingerprint density at radius 3 is 2.60 bits per heavy atom. The van der Waals surface area contributed by atoms with Crippen LogP contribution in [0, 0.1) is 0 Å². The Hall–Kier alpha value is -2.90. The van der Waals surface area contributed by atoms with Gasteiger partial charge in [-0.3, -0.25) is 19.3 Å². The van der Waals surface area contributed by atoms with Crippen molar-refractivity contribution in [3.05, 3.63) is 53.6 Å². The minimum atomic E-state index is -0.540. The lowest BCUT2D eigenvalue weighted by molar-refractivity contribution is -0.123.